The molecule has 0 bridgehead atoms. The van der Waals surface area contributed by atoms with E-state index in [0.29, 0.717) is 0 Å². The molecule has 1 saturated carbocycles. The molecular weight excluding hydrogens is 122 g/mol. The summed E-state index contributed by atoms with van der Waals surface area (Å²) in [5.74, 6) is 1.08. The van der Waals surface area contributed by atoms with Crippen LogP contribution in [-0.4, -0.2) is 24.0 Å². The molecule has 1 aliphatic heterocycles. The van der Waals surface area contributed by atoms with E-state index in [4.69, 9.17) is 0 Å². The van der Waals surface area contributed by atoms with Crippen LogP contribution < -0.4 is 0 Å². The Morgan fingerprint density at radius 2 is 1.80 bits per heavy atom. The van der Waals surface area contributed by atoms with Crippen molar-refractivity contribution < 1.29 is 0 Å². The molecule has 2 rings (SSSR count). The van der Waals surface area contributed by atoms with Crippen LogP contribution in [-0.2, 0) is 0 Å². The van der Waals surface area contributed by atoms with E-state index in [1.54, 1.807) is 0 Å². The van der Waals surface area contributed by atoms with E-state index in [2.05, 4.69) is 18.9 Å². The monoisotopic (exact) mass is 141 g/mol. The van der Waals surface area contributed by atoms with Crippen molar-refractivity contribution in [2.24, 2.45) is 5.92 Å². The summed E-state index contributed by atoms with van der Waals surface area (Å²) in [4.78, 5) is 2.49. The highest BCUT2D eigenvalue weighted by Crippen LogP contribution is 2.45. The molecule has 3 unspecified atom stereocenters. The topological polar surface area (TPSA) is 3.24 Å². The van der Waals surface area contributed by atoms with Gasteiger partial charge in [-0.05, 0) is 32.7 Å². The van der Waals surface area contributed by atoms with Crippen LogP contribution in [0.5, 0.6) is 0 Å². The van der Waals surface area contributed by atoms with Gasteiger partial charge in [0, 0.05) is 12.1 Å². The third-order valence-corrected chi connectivity index (χ3v) is 3.08. The summed E-state index contributed by atoms with van der Waals surface area (Å²) < 4.78 is 0. The zero-order valence-corrected chi connectivity index (χ0v) is 7.59. The van der Waals surface area contributed by atoms with Gasteiger partial charge in [0.2, 0.25) is 0 Å². The molecule has 0 amide bonds. The maximum Gasteiger partial charge on any atom is 0.0138 e. The second-order valence-electron chi connectivity index (χ2n) is 3.21. The van der Waals surface area contributed by atoms with Gasteiger partial charge in [0.1, 0.15) is 0 Å². The lowest BCUT2D eigenvalue weighted by Gasteiger charge is -2.59. The minimum absolute atomic E-state index is 0.897. The number of likely N-dealkylation sites (tertiary alicyclic amines) is 1. The van der Waals surface area contributed by atoms with Crippen LogP contribution in [0, 0.1) is 5.92 Å². The molecule has 0 N–H and O–H groups in total. The Labute approximate surface area is 64.4 Å². The fraction of sp³-hybridized carbons (Fsp3) is 1.00. The Morgan fingerprint density at radius 3 is 1.90 bits per heavy atom. The van der Waals surface area contributed by atoms with Crippen LogP contribution >= 0.6 is 0 Å². The Morgan fingerprint density at radius 1 is 1.20 bits per heavy atom. The molecular formula is C9H19N. The molecule has 0 radical (unpaired) electrons. The zero-order chi connectivity index (χ0) is 7.72. The van der Waals surface area contributed by atoms with Gasteiger partial charge >= 0.3 is 0 Å². The summed E-state index contributed by atoms with van der Waals surface area (Å²) in [6.45, 7) is 6.33. The molecule has 1 aliphatic carbocycles. The predicted molar refractivity (Wildman–Crippen MR) is 45.1 cm³/mol. The van der Waals surface area contributed by atoms with E-state index in [9.17, 15) is 0 Å². The first-order chi connectivity index (χ1) is 4.80. The fourth-order valence-electron chi connectivity index (χ4n) is 2.08. The first-order valence-corrected chi connectivity index (χ1v) is 4.52. The van der Waals surface area contributed by atoms with Crippen molar-refractivity contribution >= 4 is 0 Å². The number of fused-ring (bicyclic) bond motifs is 1. The van der Waals surface area contributed by atoms with E-state index < -0.39 is 0 Å². The van der Waals surface area contributed by atoms with E-state index in [1.165, 1.54) is 12.8 Å². The SMILES string of the molecule is CC.CC1C2CCC2N1C. The van der Waals surface area contributed by atoms with Crippen LogP contribution in [0.25, 0.3) is 0 Å². The Bertz CT molecular complexity index is 85.3. The van der Waals surface area contributed by atoms with Crippen LogP contribution in [0.2, 0.25) is 0 Å². The molecule has 0 aromatic carbocycles. The lowest BCUT2D eigenvalue weighted by atomic mass is 9.66. The van der Waals surface area contributed by atoms with Crippen molar-refractivity contribution in [2.45, 2.75) is 45.7 Å². The molecule has 2 aliphatic rings. The lowest BCUT2D eigenvalue weighted by Crippen LogP contribution is -2.65. The minimum Gasteiger partial charge on any atom is -0.300 e. The minimum atomic E-state index is 0.897. The van der Waals surface area contributed by atoms with Crippen molar-refractivity contribution in [3.63, 3.8) is 0 Å². The molecule has 60 valence electrons. The second kappa shape index (κ2) is 2.91. The fourth-order valence-corrected chi connectivity index (χ4v) is 2.08. The van der Waals surface area contributed by atoms with Gasteiger partial charge in [0.15, 0.2) is 0 Å². The molecule has 0 aromatic heterocycles. The van der Waals surface area contributed by atoms with Crippen molar-refractivity contribution in [1.29, 1.82) is 0 Å². The summed E-state index contributed by atoms with van der Waals surface area (Å²) in [5, 5.41) is 0. The molecule has 1 heteroatoms. The van der Waals surface area contributed by atoms with Crippen molar-refractivity contribution in [3.05, 3.63) is 0 Å². The van der Waals surface area contributed by atoms with Crippen molar-refractivity contribution in [1.82, 2.24) is 4.90 Å². The van der Waals surface area contributed by atoms with Crippen molar-refractivity contribution in [2.75, 3.05) is 7.05 Å². The molecule has 0 spiro atoms. The first-order valence-electron chi connectivity index (χ1n) is 4.52. The maximum atomic E-state index is 2.49. The van der Waals surface area contributed by atoms with Gasteiger partial charge < -0.3 is 4.90 Å². The average Bonchev–Trinajstić information content (AvgIpc) is 1.91. The Hall–Kier alpha value is -0.0400. The van der Waals surface area contributed by atoms with Gasteiger partial charge in [-0.3, -0.25) is 0 Å². The van der Waals surface area contributed by atoms with Gasteiger partial charge in [-0.1, -0.05) is 13.8 Å². The lowest BCUT2D eigenvalue weighted by molar-refractivity contribution is -0.0937. The number of hydrogen-bond acceptors (Lipinski definition) is 1. The van der Waals surface area contributed by atoms with E-state index >= 15 is 0 Å². The third kappa shape index (κ3) is 0.878. The van der Waals surface area contributed by atoms with Crippen LogP contribution in [0.15, 0.2) is 0 Å². The summed E-state index contributed by atoms with van der Waals surface area (Å²) in [6, 6.07) is 1.89. The van der Waals surface area contributed by atoms with Gasteiger partial charge in [0.25, 0.3) is 0 Å². The molecule has 0 aromatic rings. The smallest absolute Gasteiger partial charge is 0.0138 e. The normalized spacial score (nSPS) is 43.8. The van der Waals surface area contributed by atoms with Gasteiger partial charge in [-0.2, -0.15) is 0 Å². The number of hydrogen-bond donors (Lipinski definition) is 0. The molecule has 1 saturated heterocycles. The second-order valence-corrected chi connectivity index (χ2v) is 3.21. The Balaban J connectivity index is 0.000000231. The molecule has 1 heterocycles. The number of piperidine rings is 1. The highest BCUT2D eigenvalue weighted by molar-refractivity contribution is 5.03. The summed E-state index contributed by atoms with van der Waals surface area (Å²) >= 11 is 0. The van der Waals surface area contributed by atoms with Gasteiger partial charge in [-0.15, -0.1) is 0 Å². The summed E-state index contributed by atoms with van der Waals surface area (Å²) in [5.41, 5.74) is 0. The molecule has 3 atom stereocenters. The van der Waals surface area contributed by atoms with Crippen LogP contribution in [0.1, 0.15) is 33.6 Å². The third-order valence-electron chi connectivity index (χ3n) is 3.08. The number of rotatable bonds is 0. The summed E-state index contributed by atoms with van der Waals surface area (Å²) in [6.07, 6.45) is 2.96. The zero-order valence-electron chi connectivity index (χ0n) is 7.59. The van der Waals surface area contributed by atoms with Crippen LogP contribution in [0.4, 0.5) is 0 Å². The summed E-state index contributed by atoms with van der Waals surface area (Å²) in [7, 11) is 2.24. The highest BCUT2D eigenvalue weighted by atomic mass is 15.3. The average molecular weight is 141 g/mol. The van der Waals surface area contributed by atoms with E-state index in [0.717, 1.165) is 18.0 Å². The molecule has 2 fully saturated rings. The van der Waals surface area contributed by atoms with E-state index in [1.807, 2.05) is 13.8 Å². The Kier molecular flexibility index (Phi) is 2.35. The van der Waals surface area contributed by atoms with E-state index in [-0.39, 0.29) is 0 Å². The highest BCUT2D eigenvalue weighted by Gasteiger charge is 2.48. The van der Waals surface area contributed by atoms with Gasteiger partial charge in [0.05, 0.1) is 0 Å². The quantitative estimate of drug-likeness (QED) is 0.499. The largest absolute Gasteiger partial charge is 0.300 e. The van der Waals surface area contributed by atoms with Gasteiger partial charge in [-0.25, -0.2) is 0 Å². The maximum absolute atomic E-state index is 2.49. The number of nitrogens with zero attached hydrogens (tertiary/aromatic N) is 1. The standard InChI is InChI=1S/C7H13N.C2H6/c1-5-6-3-4-7(6)8(5)2;1-2/h5-7H,3-4H2,1-2H3;1-2H3. The molecule has 1 nitrogen and oxygen atoms in total. The first kappa shape index (κ1) is 8.06. The van der Waals surface area contributed by atoms with Crippen LogP contribution in [0.3, 0.4) is 0 Å². The predicted octanol–water partition coefficient (Wildman–Crippen LogP) is 2.13. The molecule has 10 heavy (non-hydrogen) atoms. The van der Waals surface area contributed by atoms with Crippen molar-refractivity contribution in [3.8, 4) is 0 Å².